The van der Waals surface area contributed by atoms with Gasteiger partial charge in [0.1, 0.15) is 0 Å². The third-order valence-electron chi connectivity index (χ3n) is 3.79. The molecular weight excluding hydrogens is 284 g/mol. The molecule has 0 saturated carbocycles. The second-order valence-electron chi connectivity index (χ2n) is 5.49. The molecule has 0 spiro atoms. The number of carbonyl (C=O) groups excluding carboxylic acids is 2. The average Bonchev–Trinajstić information content (AvgIpc) is 3.06. The number of rotatable bonds is 3. The topological polar surface area (TPSA) is 40.6 Å². The Kier molecular flexibility index (Phi) is 4.12. The van der Waals surface area contributed by atoms with Crippen LogP contribution >= 0.6 is 11.8 Å². The molecule has 4 nitrogen and oxygen atoms in total. The lowest BCUT2D eigenvalue weighted by atomic mass is 10.1. The molecule has 0 aliphatic carbocycles. The number of thioether (sulfide) groups is 1. The van der Waals surface area contributed by atoms with Crippen molar-refractivity contribution in [3.63, 3.8) is 0 Å². The van der Waals surface area contributed by atoms with Crippen molar-refractivity contribution in [2.45, 2.75) is 19.8 Å². The molecule has 110 valence electrons. The highest BCUT2D eigenvalue weighted by molar-refractivity contribution is 8.18. The lowest BCUT2D eigenvalue weighted by molar-refractivity contribution is -0.124. The van der Waals surface area contributed by atoms with E-state index < -0.39 is 0 Å². The lowest BCUT2D eigenvalue weighted by Gasteiger charge is -2.20. The van der Waals surface area contributed by atoms with Crippen molar-refractivity contribution in [3.8, 4) is 0 Å². The van der Waals surface area contributed by atoms with E-state index >= 15 is 0 Å². The van der Waals surface area contributed by atoms with Gasteiger partial charge in [-0.3, -0.25) is 19.4 Å². The van der Waals surface area contributed by atoms with Crippen LogP contribution in [0.25, 0.3) is 6.08 Å². The number of amides is 2. The molecule has 2 amide bonds. The van der Waals surface area contributed by atoms with Crippen LogP contribution in [-0.2, 0) is 4.79 Å². The zero-order valence-corrected chi connectivity index (χ0v) is 12.9. The van der Waals surface area contributed by atoms with Gasteiger partial charge in [0.2, 0.25) is 0 Å². The van der Waals surface area contributed by atoms with Crippen molar-refractivity contribution < 1.29 is 9.59 Å². The lowest BCUT2D eigenvalue weighted by Crippen LogP contribution is -2.38. The number of hydrogen-bond acceptors (Lipinski definition) is 4. The number of nitrogens with zero attached hydrogens (tertiary/aromatic N) is 2. The second-order valence-corrected chi connectivity index (χ2v) is 6.48. The number of carbonyl (C=O) groups is 2. The molecule has 2 aliphatic rings. The first-order valence-electron chi connectivity index (χ1n) is 7.18. The van der Waals surface area contributed by atoms with Crippen molar-refractivity contribution in [2.75, 3.05) is 19.8 Å². The third kappa shape index (κ3) is 3.19. The van der Waals surface area contributed by atoms with Gasteiger partial charge < -0.3 is 0 Å². The van der Waals surface area contributed by atoms with Crippen LogP contribution in [0.3, 0.4) is 0 Å². The summed E-state index contributed by atoms with van der Waals surface area (Å²) in [4.78, 5) is 28.4. The smallest absolute Gasteiger partial charge is 0.286 e. The quantitative estimate of drug-likeness (QED) is 0.805. The van der Waals surface area contributed by atoms with E-state index in [-0.39, 0.29) is 11.1 Å². The van der Waals surface area contributed by atoms with E-state index in [1.165, 1.54) is 10.5 Å². The minimum absolute atomic E-state index is 0.162. The first-order chi connectivity index (χ1) is 10.1. The Bertz CT molecular complexity index is 589. The fraction of sp³-hybridized carbons (Fsp3) is 0.375. The van der Waals surface area contributed by atoms with E-state index in [1.807, 2.05) is 31.2 Å². The summed E-state index contributed by atoms with van der Waals surface area (Å²) in [5.74, 6) is -0.169. The number of likely N-dealkylation sites (tertiary alicyclic amines) is 1. The molecule has 2 aliphatic heterocycles. The first kappa shape index (κ1) is 14.4. The van der Waals surface area contributed by atoms with Gasteiger partial charge in [-0.2, -0.15) is 0 Å². The molecule has 0 aromatic heterocycles. The molecule has 0 bridgehead atoms. The van der Waals surface area contributed by atoms with Gasteiger partial charge in [0.05, 0.1) is 11.6 Å². The standard InChI is InChI=1S/C16H18N2O2S/c1-12-4-6-13(7-5-12)10-14-15(19)18(16(20)21-14)11-17-8-2-3-9-17/h4-7,10H,2-3,8-9,11H2,1H3/b14-10+. The van der Waals surface area contributed by atoms with Gasteiger partial charge in [0.25, 0.3) is 11.1 Å². The maximum Gasteiger partial charge on any atom is 0.294 e. The summed E-state index contributed by atoms with van der Waals surface area (Å²) in [5, 5.41) is -0.162. The predicted molar refractivity (Wildman–Crippen MR) is 84.7 cm³/mol. The van der Waals surface area contributed by atoms with Crippen molar-refractivity contribution in [1.29, 1.82) is 0 Å². The third-order valence-corrected chi connectivity index (χ3v) is 4.70. The molecule has 0 radical (unpaired) electrons. The summed E-state index contributed by atoms with van der Waals surface area (Å²) in [6.07, 6.45) is 4.10. The molecule has 2 saturated heterocycles. The van der Waals surface area contributed by atoms with E-state index in [0.29, 0.717) is 11.6 Å². The largest absolute Gasteiger partial charge is 0.294 e. The van der Waals surface area contributed by atoms with E-state index in [2.05, 4.69) is 4.90 Å². The Morgan fingerprint density at radius 2 is 1.81 bits per heavy atom. The highest BCUT2D eigenvalue weighted by Gasteiger charge is 2.36. The average molecular weight is 302 g/mol. The summed E-state index contributed by atoms with van der Waals surface area (Å²) >= 11 is 1.04. The first-order valence-corrected chi connectivity index (χ1v) is 7.99. The fourth-order valence-electron chi connectivity index (χ4n) is 2.56. The summed E-state index contributed by atoms with van der Waals surface area (Å²) in [7, 11) is 0. The van der Waals surface area contributed by atoms with E-state index in [1.54, 1.807) is 6.08 Å². The predicted octanol–water partition coefficient (Wildman–Crippen LogP) is 3.08. The van der Waals surface area contributed by atoms with Crippen LogP contribution in [0.1, 0.15) is 24.0 Å². The molecule has 2 fully saturated rings. The summed E-state index contributed by atoms with van der Waals surface area (Å²) in [6.45, 7) is 4.39. The van der Waals surface area contributed by atoms with E-state index in [9.17, 15) is 9.59 Å². The second kappa shape index (κ2) is 6.03. The highest BCUT2D eigenvalue weighted by atomic mass is 32.2. The molecule has 5 heteroatoms. The molecule has 0 unspecified atom stereocenters. The van der Waals surface area contributed by atoms with Crippen LogP contribution in [0.2, 0.25) is 0 Å². The fourth-order valence-corrected chi connectivity index (χ4v) is 3.39. The summed E-state index contributed by atoms with van der Waals surface area (Å²) < 4.78 is 0. The zero-order chi connectivity index (χ0) is 14.8. The molecular formula is C16H18N2O2S. The van der Waals surface area contributed by atoms with Crippen molar-refractivity contribution >= 4 is 29.0 Å². The number of aryl methyl sites for hydroxylation is 1. The minimum Gasteiger partial charge on any atom is -0.286 e. The van der Waals surface area contributed by atoms with Crippen LogP contribution in [-0.4, -0.2) is 40.7 Å². The maximum absolute atomic E-state index is 12.4. The highest BCUT2D eigenvalue weighted by Crippen LogP contribution is 2.32. The molecule has 0 N–H and O–H groups in total. The Morgan fingerprint density at radius 3 is 2.48 bits per heavy atom. The number of benzene rings is 1. The van der Waals surface area contributed by atoms with Crippen LogP contribution in [0.15, 0.2) is 29.2 Å². The maximum atomic E-state index is 12.4. The van der Waals surface area contributed by atoms with Gasteiger partial charge in [-0.15, -0.1) is 0 Å². The van der Waals surface area contributed by atoms with Crippen molar-refractivity contribution in [3.05, 3.63) is 40.3 Å². The molecule has 1 aromatic carbocycles. The minimum atomic E-state index is -0.169. The monoisotopic (exact) mass is 302 g/mol. The van der Waals surface area contributed by atoms with E-state index in [4.69, 9.17) is 0 Å². The van der Waals surface area contributed by atoms with Crippen LogP contribution < -0.4 is 0 Å². The van der Waals surface area contributed by atoms with Gasteiger partial charge in [0.15, 0.2) is 0 Å². The number of hydrogen-bond donors (Lipinski definition) is 0. The van der Waals surface area contributed by atoms with Gasteiger partial charge in [-0.1, -0.05) is 29.8 Å². The van der Waals surface area contributed by atoms with Gasteiger partial charge >= 0.3 is 0 Å². The summed E-state index contributed by atoms with van der Waals surface area (Å²) in [6, 6.07) is 7.92. The Hall–Kier alpha value is -1.59. The Labute approximate surface area is 128 Å². The van der Waals surface area contributed by atoms with E-state index in [0.717, 1.165) is 43.3 Å². The molecule has 0 atom stereocenters. The SMILES string of the molecule is Cc1ccc(/C=C2/SC(=O)N(CN3CCCC3)C2=O)cc1. The van der Waals surface area contributed by atoms with Gasteiger partial charge in [0, 0.05) is 0 Å². The van der Waals surface area contributed by atoms with Crippen LogP contribution in [0, 0.1) is 6.92 Å². The van der Waals surface area contributed by atoms with Crippen LogP contribution in [0.4, 0.5) is 4.79 Å². The molecule has 21 heavy (non-hydrogen) atoms. The molecule has 3 rings (SSSR count). The van der Waals surface area contributed by atoms with Crippen molar-refractivity contribution in [2.24, 2.45) is 0 Å². The molecule has 2 heterocycles. The number of imide groups is 1. The Balaban J connectivity index is 1.74. The van der Waals surface area contributed by atoms with Crippen LogP contribution in [0.5, 0.6) is 0 Å². The zero-order valence-electron chi connectivity index (χ0n) is 12.0. The molecule has 1 aromatic rings. The summed E-state index contributed by atoms with van der Waals surface area (Å²) in [5.41, 5.74) is 2.13. The Morgan fingerprint density at radius 1 is 1.14 bits per heavy atom. The van der Waals surface area contributed by atoms with Crippen molar-refractivity contribution in [1.82, 2.24) is 9.80 Å². The van der Waals surface area contributed by atoms with Gasteiger partial charge in [-0.05, 0) is 56.3 Å². The van der Waals surface area contributed by atoms with Gasteiger partial charge in [-0.25, -0.2) is 0 Å². The normalized spacial score (nSPS) is 21.8.